The van der Waals surface area contributed by atoms with Gasteiger partial charge >= 0.3 is 0 Å². The van der Waals surface area contributed by atoms with Gasteiger partial charge in [0.2, 0.25) is 0 Å². The van der Waals surface area contributed by atoms with Gasteiger partial charge in [-0.25, -0.2) is 9.97 Å². The molecule has 3 N–H and O–H groups in total. The van der Waals surface area contributed by atoms with Crippen LogP contribution in [-0.4, -0.2) is 20.8 Å². The molecule has 0 aliphatic heterocycles. The number of nitrogen functional groups attached to an aromatic ring is 1. The average Bonchev–Trinajstić information content (AvgIpc) is 2.36. The van der Waals surface area contributed by atoms with Crippen LogP contribution in [0.3, 0.4) is 0 Å². The third-order valence-corrected chi connectivity index (χ3v) is 3.80. The van der Waals surface area contributed by atoms with Gasteiger partial charge in [0, 0.05) is 34.2 Å². The van der Waals surface area contributed by atoms with Gasteiger partial charge in [-0.1, -0.05) is 0 Å². The lowest BCUT2D eigenvalue weighted by molar-refractivity contribution is 0.880. The van der Waals surface area contributed by atoms with Crippen LogP contribution in [-0.2, 0) is 0 Å². The predicted molar refractivity (Wildman–Crippen MR) is 75.6 cm³/mol. The van der Waals surface area contributed by atoms with E-state index in [0.29, 0.717) is 10.7 Å². The Morgan fingerprint density at radius 3 is 2.42 bits per heavy atom. The molecule has 0 saturated carbocycles. The Labute approximate surface area is 116 Å². The first-order chi connectivity index (χ1) is 8.99. The molecule has 2 aromatic rings. The van der Waals surface area contributed by atoms with E-state index in [1.165, 1.54) is 11.8 Å². The summed E-state index contributed by atoms with van der Waals surface area (Å²) in [5.74, 6) is 0.0189. The van der Waals surface area contributed by atoms with Crippen molar-refractivity contribution >= 4 is 17.6 Å². The molecule has 0 atom stereocenters. The maximum Gasteiger partial charge on any atom is 0.192 e. The number of nitrogens with one attached hydrogen (secondary N) is 1. The lowest BCUT2D eigenvalue weighted by Crippen LogP contribution is -2.12. The van der Waals surface area contributed by atoms with E-state index < -0.39 is 0 Å². The van der Waals surface area contributed by atoms with Crippen LogP contribution < -0.4 is 5.73 Å². The lowest BCUT2D eigenvalue weighted by atomic mass is 10.2. The smallest absolute Gasteiger partial charge is 0.192 e. The molecule has 2 aromatic heterocycles. The first-order valence-corrected chi connectivity index (χ1v) is 6.58. The fourth-order valence-electron chi connectivity index (χ4n) is 1.57. The maximum atomic E-state index is 7.56. The highest BCUT2D eigenvalue weighted by atomic mass is 32.2. The molecule has 5 nitrogen and oxygen atoms in total. The van der Waals surface area contributed by atoms with Gasteiger partial charge in [0.25, 0.3) is 0 Å². The molecule has 0 fully saturated rings. The van der Waals surface area contributed by atoms with Gasteiger partial charge in [0.05, 0.1) is 0 Å². The number of nitrogens with zero attached hydrogens (tertiary/aromatic N) is 3. The summed E-state index contributed by atoms with van der Waals surface area (Å²) in [5.41, 5.74) is 9.23. The number of nitrogens with two attached hydrogens (primary N) is 1. The number of pyridine rings is 1. The molecule has 0 amide bonds. The van der Waals surface area contributed by atoms with Crippen molar-refractivity contribution in [2.45, 2.75) is 30.8 Å². The molecule has 6 heteroatoms. The normalized spacial score (nSPS) is 10.5. The number of aryl methyl sites for hydroxylation is 2. The number of hydrogen-bond donors (Lipinski definition) is 2. The van der Waals surface area contributed by atoms with E-state index in [1.807, 2.05) is 20.8 Å². The summed E-state index contributed by atoms with van der Waals surface area (Å²) < 4.78 is 0. The lowest BCUT2D eigenvalue weighted by Gasteiger charge is -2.08. The van der Waals surface area contributed by atoms with E-state index in [0.717, 1.165) is 21.8 Å². The van der Waals surface area contributed by atoms with Crippen LogP contribution in [0.1, 0.15) is 22.5 Å². The van der Waals surface area contributed by atoms with Crippen LogP contribution in [0.25, 0.3) is 0 Å². The Balaban J connectivity index is 2.39. The van der Waals surface area contributed by atoms with Gasteiger partial charge in [-0.05, 0) is 44.2 Å². The molecular formula is C13H15N5S. The van der Waals surface area contributed by atoms with Gasteiger partial charge < -0.3 is 5.73 Å². The number of hydrogen-bond acceptors (Lipinski definition) is 5. The number of amidine groups is 1. The van der Waals surface area contributed by atoms with Crippen molar-refractivity contribution in [1.82, 2.24) is 15.0 Å². The summed E-state index contributed by atoms with van der Waals surface area (Å²) in [4.78, 5) is 13.7. The second-order valence-corrected chi connectivity index (χ2v) is 5.20. The van der Waals surface area contributed by atoms with Crippen molar-refractivity contribution in [2.75, 3.05) is 0 Å². The average molecular weight is 273 g/mol. The fraction of sp³-hybridized carbons (Fsp3) is 0.231. The Kier molecular flexibility index (Phi) is 3.80. The summed E-state index contributed by atoms with van der Waals surface area (Å²) in [6.45, 7) is 5.93. The molecule has 98 valence electrons. The van der Waals surface area contributed by atoms with E-state index in [9.17, 15) is 0 Å². The zero-order valence-electron chi connectivity index (χ0n) is 11.1. The van der Waals surface area contributed by atoms with E-state index in [2.05, 4.69) is 15.0 Å². The number of aromatic nitrogens is 3. The van der Waals surface area contributed by atoms with Crippen molar-refractivity contribution < 1.29 is 0 Å². The molecular weight excluding hydrogens is 258 g/mol. The summed E-state index contributed by atoms with van der Waals surface area (Å²) in [5, 5.41) is 8.21. The predicted octanol–water partition coefficient (Wildman–Crippen LogP) is 2.23. The summed E-state index contributed by atoms with van der Waals surface area (Å²) in [6, 6.07) is 1.72. The van der Waals surface area contributed by atoms with Gasteiger partial charge in [0.1, 0.15) is 5.84 Å². The highest BCUT2D eigenvalue weighted by molar-refractivity contribution is 7.99. The van der Waals surface area contributed by atoms with Crippen molar-refractivity contribution in [1.29, 1.82) is 5.41 Å². The molecule has 0 bridgehead atoms. The molecule has 19 heavy (non-hydrogen) atoms. The molecule has 2 heterocycles. The van der Waals surface area contributed by atoms with Crippen LogP contribution in [0.5, 0.6) is 0 Å². The van der Waals surface area contributed by atoms with E-state index >= 15 is 0 Å². The van der Waals surface area contributed by atoms with Crippen molar-refractivity contribution in [2.24, 2.45) is 5.73 Å². The SMILES string of the molecule is Cc1nc(Sc2cnccc2C(=N)N)nc(C)c1C. The van der Waals surface area contributed by atoms with Gasteiger partial charge in [-0.2, -0.15) is 0 Å². The minimum atomic E-state index is 0.0189. The van der Waals surface area contributed by atoms with Crippen LogP contribution in [0.4, 0.5) is 0 Å². The largest absolute Gasteiger partial charge is 0.384 e. The van der Waals surface area contributed by atoms with Crippen molar-refractivity contribution in [3.8, 4) is 0 Å². The van der Waals surface area contributed by atoms with E-state index in [4.69, 9.17) is 11.1 Å². The van der Waals surface area contributed by atoms with Crippen molar-refractivity contribution in [3.05, 3.63) is 41.0 Å². The third-order valence-electron chi connectivity index (χ3n) is 2.89. The molecule has 0 aliphatic rings. The van der Waals surface area contributed by atoms with Crippen molar-refractivity contribution in [3.63, 3.8) is 0 Å². The minimum absolute atomic E-state index is 0.0189. The fourth-order valence-corrected chi connectivity index (χ4v) is 2.53. The molecule has 0 unspecified atom stereocenters. The quantitative estimate of drug-likeness (QED) is 0.508. The monoisotopic (exact) mass is 273 g/mol. The first-order valence-electron chi connectivity index (χ1n) is 5.77. The topological polar surface area (TPSA) is 88.5 Å². The molecule has 0 aliphatic carbocycles. The van der Waals surface area contributed by atoms with Gasteiger partial charge in [0.15, 0.2) is 5.16 Å². The third kappa shape index (κ3) is 2.90. The standard InChI is InChI=1S/C13H15N5S/c1-7-8(2)17-13(18-9(7)3)19-11-6-16-5-4-10(11)12(14)15/h4-6H,1-3H3,(H3,14,15). The Morgan fingerprint density at radius 2 is 1.84 bits per heavy atom. The zero-order chi connectivity index (χ0) is 14.0. The van der Waals surface area contributed by atoms with Crippen LogP contribution in [0, 0.1) is 26.2 Å². The zero-order valence-corrected chi connectivity index (χ0v) is 11.9. The molecule has 0 spiro atoms. The molecule has 2 rings (SSSR count). The molecule has 0 saturated heterocycles. The maximum absolute atomic E-state index is 7.56. The molecule has 0 radical (unpaired) electrons. The number of rotatable bonds is 3. The Bertz CT molecular complexity index is 616. The highest BCUT2D eigenvalue weighted by Crippen LogP contribution is 2.28. The minimum Gasteiger partial charge on any atom is -0.384 e. The van der Waals surface area contributed by atoms with Gasteiger partial charge in [-0.15, -0.1) is 0 Å². The summed E-state index contributed by atoms with van der Waals surface area (Å²) in [7, 11) is 0. The van der Waals surface area contributed by atoms with Crippen LogP contribution >= 0.6 is 11.8 Å². The second-order valence-electron chi connectivity index (χ2n) is 4.19. The van der Waals surface area contributed by atoms with E-state index in [1.54, 1.807) is 18.5 Å². The van der Waals surface area contributed by atoms with Crippen LogP contribution in [0.15, 0.2) is 28.5 Å². The second kappa shape index (κ2) is 5.36. The summed E-state index contributed by atoms with van der Waals surface area (Å²) in [6.07, 6.45) is 3.29. The van der Waals surface area contributed by atoms with Crippen LogP contribution in [0.2, 0.25) is 0 Å². The summed E-state index contributed by atoms with van der Waals surface area (Å²) >= 11 is 1.37. The molecule has 0 aromatic carbocycles. The highest BCUT2D eigenvalue weighted by Gasteiger charge is 2.10. The Morgan fingerprint density at radius 1 is 1.21 bits per heavy atom. The van der Waals surface area contributed by atoms with E-state index in [-0.39, 0.29) is 5.84 Å². The first kappa shape index (κ1) is 13.5. The van der Waals surface area contributed by atoms with Gasteiger partial charge in [-0.3, -0.25) is 10.4 Å². The Hall–Kier alpha value is -1.95.